The topological polar surface area (TPSA) is 69.7 Å². The Balaban J connectivity index is 1.40. The number of rotatable bonds is 5. The highest BCUT2D eigenvalue weighted by Crippen LogP contribution is 2.22. The van der Waals surface area contributed by atoms with Gasteiger partial charge in [-0.2, -0.15) is 5.10 Å². The lowest BCUT2D eigenvalue weighted by Gasteiger charge is -2.26. The van der Waals surface area contributed by atoms with Crippen LogP contribution in [0, 0.1) is 0 Å². The van der Waals surface area contributed by atoms with Gasteiger partial charge in [-0.25, -0.2) is 4.98 Å². The molecular weight excluding hydrogens is 308 g/mol. The molecular formula is C16H18N6S. The van der Waals surface area contributed by atoms with E-state index in [0.29, 0.717) is 0 Å². The van der Waals surface area contributed by atoms with Gasteiger partial charge in [-0.3, -0.25) is 15.0 Å². The zero-order valence-corrected chi connectivity index (χ0v) is 13.5. The van der Waals surface area contributed by atoms with Crippen molar-refractivity contribution < 1.29 is 0 Å². The molecule has 0 aromatic carbocycles. The molecule has 3 aromatic heterocycles. The van der Waals surface area contributed by atoms with Gasteiger partial charge in [0.1, 0.15) is 0 Å². The molecule has 118 valence electrons. The summed E-state index contributed by atoms with van der Waals surface area (Å²) in [7, 11) is 0. The Morgan fingerprint density at radius 3 is 3.17 bits per heavy atom. The molecule has 1 aliphatic rings. The summed E-state index contributed by atoms with van der Waals surface area (Å²) < 4.78 is 0. The first-order chi connectivity index (χ1) is 11.4. The Bertz CT molecular complexity index is 752. The first kappa shape index (κ1) is 14.3. The fourth-order valence-electron chi connectivity index (χ4n) is 2.94. The molecule has 1 aliphatic heterocycles. The molecule has 2 N–H and O–H groups in total. The zero-order chi connectivity index (χ0) is 15.5. The fourth-order valence-corrected chi connectivity index (χ4v) is 3.47. The maximum Gasteiger partial charge on any atom is 0.182 e. The standard InChI is InChI=1S/C16H18N6S/c1-2-12(8-17-4-1)10-22-6-3-13-14(20-21-15(13)11-22)9-19-16-18-5-7-23-16/h1-2,4-5,7-8H,3,6,9-11H2,(H,18,19)(H,20,21). The number of pyridine rings is 1. The van der Waals surface area contributed by atoms with Crippen molar-refractivity contribution in [3.63, 3.8) is 0 Å². The van der Waals surface area contributed by atoms with Gasteiger partial charge in [0.15, 0.2) is 5.13 Å². The third kappa shape index (κ3) is 3.25. The number of thiazole rings is 1. The van der Waals surface area contributed by atoms with E-state index in [9.17, 15) is 0 Å². The highest BCUT2D eigenvalue weighted by atomic mass is 32.1. The molecule has 23 heavy (non-hydrogen) atoms. The van der Waals surface area contributed by atoms with E-state index in [1.54, 1.807) is 11.3 Å². The predicted molar refractivity (Wildman–Crippen MR) is 90.1 cm³/mol. The van der Waals surface area contributed by atoms with Crippen LogP contribution >= 0.6 is 11.3 Å². The number of nitrogens with one attached hydrogen (secondary N) is 2. The minimum absolute atomic E-state index is 0.724. The first-order valence-corrected chi connectivity index (χ1v) is 8.56. The van der Waals surface area contributed by atoms with Crippen LogP contribution in [0.3, 0.4) is 0 Å². The Hall–Kier alpha value is -2.25. The highest BCUT2D eigenvalue weighted by molar-refractivity contribution is 7.13. The van der Waals surface area contributed by atoms with E-state index in [0.717, 1.165) is 43.4 Å². The molecule has 6 nitrogen and oxygen atoms in total. The van der Waals surface area contributed by atoms with E-state index in [1.807, 2.05) is 30.0 Å². The van der Waals surface area contributed by atoms with Crippen molar-refractivity contribution in [2.24, 2.45) is 0 Å². The van der Waals surface area contributed by atoms with Crippen molar-refractivity contribution in [2.45, 2.75) is 26.1 Å². The van der Waals surface area contributed by atoms with E-state index in [4.69, 9.17) is 0 Å². The minimum Gasteiger partial charge on any atom is -0.356 e. The highest BCUT2D eigenvalue weighted by Gasteiger charge is 2.21. The van der Waals surface area contributed by atoms with E-state index in [-0.39, 0.29) is 0 Å². The monoisotopic (exact) mass is 326 g/mol. The Morgan fingerprint density at radius 1 is 1.35 bits per heavy atom. The number of anilines is 1. The second kappa shape index (κ2) is 6.47. The lowest BCUT2D eigenvalue weighted by Crippen LogP contribution is -2.30. The van der Waals surface area contributed by atoms with Crippen molar-refractivity contribution in [3.05, 3.63) is 58.6 Å². The number of fused-ring (bicyclic) bond motifs is 1. The Morgan fingerprint density at radius 2 is 2.35 bits per heavy atom. The Labute approximate surface area is 138 Å². The average molecular weight is 326 g/mol. The van der Waals surface area contributed by atoms with Crippen LogP contribution in [0.5, 0.6) is 0 Å². The third-order valence-electron chi connectivity index (χ3n) is 4.07. The van der Waals surface area contributed by atoms with Crippen LogP contribution in [0.4, 0.5) is 5.13 Å². The summed E-state index contributed by atoms with van der Waals surface area (Å²) in [5, 5.41) is 13.9. The maximum absolute atomic E-state index is 4.49. The van der Waals surface area contributed by atoms with Crippen LogP contribution in [0.25, 0.3) is 0 Å². The van der Waals surface area contributed by atoms with E-state index in [2.05, 4.69) is 36.4 Å². The quantitative estimate of drug-likeness (QED) is 0.753. The van der Waals surface area contributed by atoms with Crippen LogP contribution in [-0.4, -0.2) is 31.6 Å². The Kier molecular flexibility index (Phi) is 4.04. The average Bonchev–Trinajstić information content (AvgIpc) is 3.23. The minimum atomic E-state index is 0.724. The van der Waals surface area contributed by atoms with Crippen LogP contribution < -0.4 is 5.32 Å². The van der Waals surface area contributed by atoms with E-state index < -0.39 is 0 Å². The number of H-pyrrole nitrogens is 1. The summed E-state index contributed by atoms with van der Waals surface area (Å²) in [5.74, 6) is 0. The summed E-state index contributed by atoms with van der Waals surface area (Å²) in [5.41, 5.74) is 4.95. The number of hydrogen-bond acceptors (Lipinski definition) is 6. The van der Waals surface area contributed by atoms with Crippen LogP contribution in [-0.2, 0) is 26.1 Å². The van der Waals surface area contributed by atoms with E-state index >= 15 is 0 Å². The maximum atomic E-state index is 4.49. The molecule has 0 spiro atoms. The van der Waals surface area contributed by atoms with Crippen molar-refractivity contribution in [1.29, 1.82) is 0 Å². The molecule has 0 atom stereocenters. The number of nitrogens with zero attached hydrogens (tertiary/aromatic N) is 4. The molecule has 0 radical (unpaired) electrons. The number of aromatic amines is 1. The zero-order valence-electron chi connectivity index (χ0n) is 12.7. The molecule has 7 heteroatoms. The summed E-state index contributed by atoms with van der Waals surface area (Å²) in [6.07, 6.45) is 6.59. The van der Waals surface area contributed by atoms with Gasteiger partial charge < -0.3 is 5.32 Å². The normalized spacial score (nSPS) is 14.6. The van der Waals surface area contributed by atoms with E-state index in [1.165, 1.54) is 16.8 Å². The molecule has 0 aliphatic carbocycles. The second-order valence-electron chi connectivity index (χ2n) is 5.64. The smallest absolute Gasteiger partial charge is 0.182 e. The molecule has 0 saturated carbocycles. The summed E-state index contributed by atoms with van der Waals surface area (Å²) >= 11 is 1.61. The second-order valence-corrected chi connectivity index (χ2v) is 6.53. The van der Waals surface area contributed by atoms with Crippen LogP contribution in [0.2, 0.25) is 0 Å². The molecule has 0 amide bonds. The van der Waals surface area contributed by atoms with Crippen LogP contribution in [0.1, 0.15) is 22.5 Å². The first-order valence-electron chi connectivity index (χ1n) is 7.68. The van der Waals surface area contributed by atoms with Gasteiger partial charge in [0.25, 0.3) is 0 Å². The lowest BCUT2D eigenvalue weighted by atomic mass is 10.0. The van der Waals surface area contributed by atoms with Crippen molar-refractivity contribution >= 4 is 16.5 Å². The summed E-state index contributed by atoms with van der Waals surface area (Å²) in [4.78, 5) is 10.9. The molecule has 0 fully saturated rings. The SMILES string of the molecule is c1cncc(CN2CCc3c(CNc4nccs4)n[nH]c3C2)c1. The predicted octanol–water partition coefficient (Wildman–Crippen LogP) is 2.43. The third-order valence-corrected chi connectivity index (χ3v) is 4.80. The van der Waals surface area contributed by atoms with Gasteiger partial charge in [0.05, 0.1) is 17.9 Å². The van der Waals surface area contributed by atoms with Crippen molar-refractivity contribution in [1.82, 2.24) is 25.1 Å². The number of aromatic nitrogens is 4. The molecule has 3 aromatic rings. The fraction of sp³-hybridized carbons (Fsp3) is 0.312. The van der Waals surface area contributed by atoms with Gasteiger partial charge >= 0.3 is 0 Å². The van der Waals surface area contributed by atoms with Crippen LogP contribution in [0.15, 0.2) is 36.1 Å². The van der Waals surface area contributed by atoms with Crippen molar-refractivity contribution in [2.75, 3.05) is 11.9 Å². The molecule has 0 unspecified atom stereocenters. The summed E-state index contributed by atoms with van der Waals surface area (Å²) in [6.45, 7) is 3.61. The van der Waals surface area contributed by atoms with Crippen molar-refractivity contribution in [3.8, 4) is 0 Å². The van der Waals surface area contributed by atoms with Gasteiger partial charge in [-0.05, 0) is 18.1 Å². The van der Waals surface area contributed by atoms with Gasteiger partial charge in [0, 0.05) is 49.2 Å². The van der Waals surface area contributed by atoms with Gasteiger partial charge in [-0.15, -0.1) is 11.3 Å². The molecule has 0 bridgehead atoms. The molecule has 4 rings (SSSR count). The molecule has 4 heterocycles. The lowest BCUT2D eigenvalue weighted by molar-refractivity contribution is 0.242. The summed E-state index contributed by atoms with van der Waals surface area (Å²) in [6, 6.07) is 4.11. The number of hydrogen-bond donors (Lipinski definition) is 2. The van der Waals surface area contributed by atoms with Gasteiger partial charge in [0.2, 0.25) is 0 Å². The molecule has 0 saturated heterocycles. The van der Waals surface area contributed by atoms with Gasteiger partial charge in [-0.1, -0.05) is 6.07 Å². The largest absolute Gasteiger partial charge is 0.356 e.